The van der Waals surface area contributed by atoms with E-state index in [1.807, 2.05) is 30.5 Å². The molecule has 3 heterocycles. The van der Waals surface area contributed by atoms with Crippen LogP contribution >= 0.6 is 11.3 Å². The molecule has 0 bridgehead atoms. The van der Waals surface area contributed by atoms with Crippen LogP contribution in [0.15, 0.2) is 63.9 Å². The van der Waals surface area contributed by atoms with Crippen LogP contribution in [0.4, 0.5) is 0 Å². The molecule has 0 aliphatic carbocycles. The fourth-order valence-electron chi connectivity index (χ4n) is 6.68. The van der Waals surface area contributed by atoms with Crippen molar-refractivity contribution in [3.05, 3.63) is 81.9 Å². The van der Waals surface area contributed by atoms with Gasteiger partial charge in [0, 0.05) is 21.9 Å². The Kier molecular flexibility index (Phi) is 8.82. The molecule has 0 spiro atoms. The number of likely N-dealkylation sites (tertiary alicyclic amines) is 1. The average Bonchev–Trinajstić information content (AvgIpc) is 3.67. The second-order valence-corrected chi connectivity index (χ2v) is 14.1. The summed E-state index contributed by atoms with van der Waals surface area (Å²) in [4.78, 5) is 15.2. The topological polar surface area (TPSA) is 59.5 Å². The first kappa shape index (κ1) is 29.6. The molecule has 0 saturated carbocycles. The van der Waals surface area contributed by atoms with Crippen molar-refractivity contribution in [2.75, 3.05) is 13.1 Å². The average molecular weight is 549 g/mol. The van der Waals surface area contributed by atoms with Gasteiger partial charge in [0.05, 0.1) is 6.26 Å². The highest BCUT2D eigenvalue weighted by Gasteiger charge is 2.49. The number of hydrogen-bond acceptors (Lipinski definition) is 4. The van der Waals surface area contributed by atoms with Crippen molar-refractivity contribution < 1.29 is 9.21 Å². The van der Waals surface area contributed by atoms with Crippen LogP contribution in [0.25, 0.3) is 0 Å². The Balaban J connectivity index is 1.68. The maximum atomic E-state index is 12.5. The summed E-state index contributed by atoms with van der Waals surface area (Å²) in [5.41, 5.74) is 8.52. The lowest BCUT2D eigenvalue weighted by molar-refractivity contribution is 0.00824. The molecule has 4 nitrogen and oxygen atoms in total. The summed E-state index contributed by atoms with van der Waals surface area (Å²) in [5.74, 6) is 0.718. The SMILES string of the molecule is CC(C)(CCC(C)(CCC(C)(N1CCCCC1)C(C)(C)c1ccccc1C(N)=O)c1ccco1)c1ccsc1. The molecule has 0 radical (unpaired) electrons. The molecule has 2 atom stereocenters. The van der Waals surface area contributed by atoms with Crippen molar-refractivity contribution in [2.45, 2.75) is 108 Å². The number of benzene rings is 1. The van der Waals surface area contributed by atoms with Crippen LogP contribution in [0.3, 0.4) is 0 Å². The Morgan fingerprint density at radius 1 is 0.897 bits per heavy atom. The molecule has 1 aliphatic rings. The first-order valence-corrected chi connectivity index (χ1v) is 15.6. The zero-order valence-corrected chi connectivity index (χ0v) is 25.7. The van der Waals surface area contributed by atoms with Crippen molar-refractivity contribution >= 4 is 17.2 Å². The van der Waals surface area contributed by atoms with Crippen LogP contribution in [-0.4, -0.2) is 29.4 Å². The Hall–Kier alpha value is -2.37. The minimum Gasteiger partial charge on any atom is -0.469 e. The molecule has 1 aromatic carbocycles. The number of amides is 1. The molecular weight excluding hydrogens is 500 g/mol. The molecule has 4 rings (SSSR count). The van der Waals surface area contributed by atoms with Crippen molar-refractivity contribution in [3.8, 4) is 0 Å². The molecule has 2 aromatic heterocycles. The summed E-state index contributed by atoms with van der Waals surface area (Å²) in [5, 5.41) is 4.47. The van der Waals surface area contributed by atoms with Gasteiger partial charge in [-0.15, -0.1) is 0 Å². The lowest BCUT2D eigenvalue weighted by Crippen LogP contribution is -2.60. The Bertz CT molecular complexity index is 1210. The van der Waals surface area contributed by atoms with Crippen molar-refractivity contribution in [1.29, 1.82) is 0 Å². The summed E-state index contributed by atoms with van der Waals surface area (Å²) in [6.45, 7) is 16.3. The van der Waals surface area contributed by atoms with Gasteiger partial charge in [-0.3, -0.25) is 9.69 Å². The van der Waals surface area contributed by atoms with Crippen LogP contribution < -0.4 is 5.73 Å². The first-order chi connectivity index (χ1) is 18.4. The largest absolute Gasteiger partial charge is 0.469 e. The Morgan fingerprint density at radius 2 is 1.59 bits per heavy atom. The van der Waals surface area contributed by atoms with Crippen LogP contribution in [0.2, 0.25) is 0 Å². The highest BCUT2D eigenvalue weighted by atomic mass is 32.1. The van der Waals surface area contributed by atoms with Gasteiger partial charge in [-0.05, 0) is 110 Å². The van der Waals surface area contributed by atoms with Crippen molar-refractivity contribution in [2.24, 2.45) is 5.73 Å². The summed E-state index contributed by atoms with van der Waals surface area (Å²) < 4.78 is 6.11. The number of nitrogens with two attached hydrogens (primary N) is 1. The molecular formula is C34H48N2O2S. The van der Waals surface area contributed by atoms with Gasteiger partial charge < -0.3 is 10.2 Å². The molecule has 1 saturated heterocycles. The lowest BCUT2D eigenvalue weighted by Gasteiger charge is -2.54. The zero-order valence-electron chi connectivity index (χ0n) is 24.9. The van der Waals surface area contributed by atoms with E-state index in [0.29, 0.717) is 5.56 Å². The van der Waals surface area contributed by atoms with Crippen LogP contribution in [-0.2, 0) is 16.2 Å². The van der Waals surface area contributed by atoms with Crippen molar-refractivity contribution in [1.82, 2.24) is 4.90 Å². The molecule has 1 fully saturated rings. The number of piperidine rings is 1. The van der Waals surface area contributed by atoms with Crippen LogP contribution in [0.1, 0.15) is 114 Å². The van der Waals surface area contributed by atoms with Crippen molar-refractivity contribution in [3.63, 3.8) is 0 Å². The molecule has 5 heteroatoms. The van der Waals surface area contributed by atoms with E-state index in [0.717, 1.165) is 50.1 Å². The second-order valence-electron chi connectivity index (χ2n) is 13.3. The molecule has 39 heavy (non-hydrogen) atoms. The smallest absolute Gasteiger partial charge is 0.248 e. The fourth-order valence-corrected chi connectivity index (χ4v) is 7.53. The minimum atomic E-state index is -0.351. The predicted molar refractivity (Wildman–Crippen MR) is 164 cm³/mol. The number of thiophene rings is 1. The standard InChI is InChI=1S/C34H48N2O2S/c1-31(2,26-16-24-39-25-26)17-18-33(5,29-15-12-23-38-29)19-20-34(6,36-21-10-7-11-22-36)32(3,4)28-14-9-8-13-27(28)30(35)37/h8-9,12-16,23-25H,7,10-11,17-22H2,1-6H3,(H2,35,37). The molecule has 2 unspecified atom stereocenters. The summed E-state index contributed by atoms with van der Waals surface area (Å²) in [6.07, 6.45) is 9.63. The van der Waals surface area contributed by atoms with Gasteiger partial charge in [0.15, 0.2) is 0 Å². The van der Waals surface area contributed by atoms with E-state index < -0.39 is 0 Å². The van der Waals surface area contributed by atoms with Crippen LogP contribution in [0.5, 0.6) is 0 Å². The number of primary amides is 1. The highest BCUT2D eigenvalue weighted by molar-refractivity contribution is 7.08. The number of furan rings is 1. The molecule has 2 N–H and O–H groups in total. The third kappa shape index (κ3) is 6.05. The van der Waals surface area contributed by atoms with Gasteiger partial charge >= 0.3 is 0 Å². The van der Waals surface area contributed by atoms with Gasteiger partial charge in [0.1, 0.15) is 5.76 Å². The molecule has 1 amide bonds. The lowest BCUT2D eigenvalue weighted by atomic mass is 9.62. The van der Waals surface area contributed by atoms with E-state index in [4.69, 9.17) is 10.2 Å². The number of carbonyl (C=O) groups excluding carboxylic acids is 1. The minimum absolute atomic E-state index is 0.101. The van der Waals surface area contributed by atoms with E-state index in [9.17, 15) is 4.79 Å². The zero-order chi connectivity index (χ0) is 28.3. The second kappa shape index (κ2) is 11.6. The van der Waals surface area contributed by atoms with E-state index in [-0.39, 0.29) is 27.7 Å². The Morgan fingerprint density at radius 3 is 2.21 bits per heavy atom. The monoisotopic (exact) mass is 548 g/mol. The number of rotatable bonds is 12. The maximum Gasteiger partial charge on any atom is 0.248 e. The molecule has 212 valence electrons. The number of carbonyl (C=O) groups is 1. The summed E-state index contributed by atoms with van der Waals surface area (Å²) in [6, 6.07) is 14.4. The predicted octanol–water partition coefficient (Wildman–Crippen LogP) is 8.46. The van der Waals surface area contributed by atoms with E-state index in [1.54, 1.807) is 11.3 Å². The summed E-state index contributed by atoms with van der Waals surface area (Å²) in [7, 11) is 0. The molecule has 3 aromatic rings. The third-order valence-electron chi connectivity index (χ3n) is 10.2. The van der Waals surface area contributed by atoms with Gasteiger partial charge in [0.25, 0.3) is 0 Å². The quantitative estimate of drug-likeness (QED) is 0.247. The van der Waals surface area contributed by atoms with Gasteiger partial charge in [-0.1, -0.05) is 59.2 Å². The van der Waals surface area contributed by atoms with Gasteiger partial charge in [-0.25, -0.2) is 0 Å². The fraction of sp³-hybridized carbons (Fsp3) is 0.559. The van der Waals surface area contributed by atoms with Gasteiger partial charge in [-0.2, -0.15) is 11.3 Å². The number of hydrogen-bond donors (Lipinski definition) is 1. The maximum absolute atomic E-state index is 12.5. The van der Waals surface area contributed by atoms with Crippen LogP contribution in [0, 0.1) is 0 Å². The van der Waals surface area contributed by atoms with E-state index >= 15 is 0 Å². The normalized spacial score (nSPS) is 18.4. The molecule has 1 aliphatic heterocycles. The van der Waals surface area contributed by atoms with E-state index in [2.05, 4.69) is 75.4 Å². The van der Waals surface area contributed by atoms with Gasteiger partial charge in [0.2, 0.25) is 5.91 Å². The third-order valence-corrected chi connectivity index (χ3v) is 10.8. The Labute approximate surface area is 240 Å². The van der Waals surface area contributed by atoms with E-state index in [1.165, 1.54) is 24.8 Å². The first-order valence-electron chi connectivity index (χ1n) is 14.6. The highest BCUT2D eigenvalue weighted by Crippen LogP contribution is 2.48. The number of nitrogens with zero attached hydrogens (tertiary/aromatic N) is 1. The summed E-state index contributed by atoms with van der Waals surface area (Å²) >= 11 is 1.77.